The molecule has 0 unspecified atom stereocenters. The van der Waals surface area contributed by atoms with Crippen molar-refractivity contribution >= 4 is 18.5 Å². The summed E-state index contributed by atoms with van der Waals surface area (Å²) in [5, 5.41) is 17.6. The maximum atomic E-state index is 10.2. The highest BCUT2D eigenvalue weighted by molar-refractivity contribution is 5.85. The Kier molecular flexibility index (Phi) is 7.44. The molecule has 0 heterocycles. The predicted molar refractivity (Wildman–Crippen MR) is 71.1 cm³/mol. The molecular weight excluding hydrogens is 250 g/mol. The van der Waals surface area contributed by atoms with E-state index in [4.69, 9.17) is 9.84 Å². The van der Waals surface area contributed by atoms with Gasteiger partial charge in [-0.3, -0.25) is 4.79 Å². The molecule has 0 aromatic heterocycles. The van der Waals surface area contributed by atoms with Crippen molar-refractivity contribution in [2.75, 3.05) is 21.2 Å². The summed E-state index contributed by atoms with van der Waals surface area (Å²) in [5.74, 6) is -0.672. The Hall–Kier alpha value is -2.50. The van der Waals surface area contributed by atoms with Crippen LogP contribution >= 0.6 is 0 Å². The average molecular weight is 267 g/mol. The Morgan fingerprint density at radius 1 is 1.37 bits per heavy atom. The van der Waals surface area contributed by atoms with Crippen molar-refractivity contribution in [1.29, 1.82) is 0 Å². The number of carboxylic acid groups (broad SMARTS) is 1. The van der Waals surface area contributed by atoms with Crippen LogP contribution in [0.2, 0.25) is 0 Å². The molecule has 1 aromatic rings. The zero-order valence-electron chi connectivity index (χ0n) is 11.0. The number of carbonyl (C=O) groups excluding carboxylic acids is 1. The third-order valence-electron chi connectivity index (χ3n) is 1.83. The van der Waals surface area contributed by atoms with E-state index >= 15 is 0 Å². The van der Waals surface area contributed by atoms with E-state index in [1.165, 1.54) is 24.2 Å². The van der Waals surface area contributed by atoms with Crippen LogP contribution in [0.4, 0.5) is 0 Å². The molecule has 0 saturated carbocycles. The van der Waals surface area contributed by atoms with Crippen molar-refractivity contribution < 1.29 is 24.5 Å². The monoisotopic (exact) mass is 267 g/mol. The summed E-state index contributed by atoms with van der Waals surface area (Å²) in [6, 6.07) is 4.59. The minimum atomic E-state index is -1.02. The lowest BCUT2D eigenvalue weighted by molar-refractivity contribution is -0.131. The van der Waals surface area contributed by atoms with E-state index in [1.807, 2.05) is 0 Å². The van der Waals surface area contributed by atoms with E-state index in [2.05, 4.69) is 0 Å². The maximum absolute atomic E-state index is 10.2. The molecule has 0 aliphatic heterocycles. The molecule has 0 radical (unpaired) electrons. The van der Waals surface area contributed by atoms with Crippen LogP contribution in [0.15, 0.2) is 24.3 Å². The number of hydrogen-bond donors (Lipinski definition) is 2. The number of benzene rings is 1. The first kappa shape index (κ1) is 16.5. The molecule has 0 bridgehead atoms. The number of carbonyl (C=O) groups is 2. The molecule has 2 N–H and O–H groups in total. The van der Waals surface area contributed by atoms with Crippen LogP contribution < -0.4 is 4.74 Å². The van der Waals surface area contributed by atoms with Crippen LogP contribution in [0.5, 0.6) is 11.5 Å². The van der Waals surface area contributed by atoms with E-state index in [1.54, 1.807) is 26.2 Å². The second-order valence-electron chi connectivity index (χ2n) is 3.67. The zero-order valence-corrected chi connectivity index (χ0v) is 11.0. The van der Waals surface area contributed by atoms with Crippen LogP contribution in [0.1, 0.15) is 5.56 Å². The lowest BCUT2D eigenvalue weighted by Gasteiger charge is -2.03. The summed E-state index contributed by atoms with van der Waals surface area (Å²) in [7, 11) is 4.81. The van der Waals surface area contributed by atoms with Gasteiger partial charge in [0.05, 0.1) is 7.11 Å². The van der Waals surface area contributed by atoms with Crippen molar-refractivity contribution in [2.24, 2.45) is 0 Å². The van der Waals surface area contributed by atoms with Gasteiger partial charge in [-0.1, -0.05) is 6.07 Å². The van der Waals surface area contributed by atoms with Gasteiger partial charge in [0.15, 0.2) is 11.5 Å². The highest BCUT2D eigenvalue weighted by atomic mass is 16.5. The van der Waals surface area contributed by atoms with Gasteiger partial charge in [-0.2, -0.15) is 0 Å². The number of aliphatic carboxylic acids is 1. The first-order chi connectivity index (χ1) is 8.90. The number of carboxylic acids is 1. The lowest BCUT2D eigenvalue weighted by atomic mass is 10.2. The van der Waals surface area contributed by atoms with E-state index in [0.717, 1.165) is 12.5 Å². The number of phenols is 1. The molecule has 6 nitrogen and oxygen atoms in total. The molecule has 104 valence electrons. The minimum Gasteiger partial charge on any atom is -0.504 e. The first-order valence-electron chi connectivity index (χ1n) is 5.30. The highest BCUT2D eigenvalue weighted by Crippen LogP contribution is 2.26. The zero-order chi connectivity index (χ0) is 14.8. The molecule has 0 atom stereocenters. The average Bonchev–Trinajstić information content (AvgIpc) is 2.38. The molecule has 1 amide bonds. The topological polar surface area (TPSA) is 87.1 Å². The van der Waals surface area contributed by atoms with Crippen molar-refractivity contribution in [3.8, 4) is 11.5 Å². The summed E-state index contributed by atoms with van der Waals surface area (Å²) >= 11 is 0. The summed E-state index contributed by atoms with van der Waals surface area (Å²) < 4.78 is 4.86. The van der Waals surface area contributed by atoms with Crippen LogP contribution in [0.25, 0.3) is 6.08 Å². The molecule has 0 fully saturated rings. The highest BCUT2D eigenvalue weighted by Gasteiger charge is 2.00. The van der Waals surface area contributed by atoms with Gasteiger partial charge in [0.2, 0.25) is 6.41 Å². The molecule has 6 heteroatoms. The number of rotatable bonds is 4. The maximum Gasteiger partial charge on any atom is 0.328 e. The molecule has 0 spiro atoms. The lowest BCUT2D eigenvalue weighted by Crippen LogP contribution is -2.06. The minimum absolute atomic E-state index is 0.0278. The Balaban J connectivity index is 0.000000555. The fraction of sp³-hybridized carbons (Fsp3) is 0.231. The van der Waals surface area contributed by atoms with Crippen molar-refractivity contribution in [3.63, 3.8) is 0 Å². The fourth-order valence-corrected chi connectivity index (χ4v) is 0.965. The van der Waals surface area contributed by atoms with Gasteiger partial charge in [-0.15, -0.1) is 0 Å². The number of phenolic OH excluding ortho intramolecular Hbond substituents is 1. The standard InChI is InChI=1S/C10H10O4.C3H7NO/c1-14-9-6-7(2-4-8(9)11)3-5-10(12)13;1-4(2)3-5/h2-6,11H,1H3,(H,12,13);3H,1-2H3/b5-3+;. The second kappa shape index (κ2) is 8.57. The molecule has 0 saturated heterocycles. The van der Waals surface area contributed by atoms with Gasteiger partial charge in [0, 0.05) is 20.2 Å². The molecule has 0 aliphatic carbocycles. The van der Waals surface area contributed by atoms with Crippen molar-refractivity contribution in [2.45, 2.75) is 0 Å². The van der Waals surface area contributed by atoms with Crippen LogP contribution in [-0.2, 0) is 9.59 Å². The summed E-state index contributed by atoms with van der Waals surface area (Å²) in [4.78, 5) is 21.1. The summed E-state index contributed by atoms with van der Waals surface area (Å²) in [6.45, 7) is 0. The van der Waals surface area contributed by atoms with E-state index in [9.17, 15) is 14.7 Å². The van der Waals surface area contributed by atoms with Crippen LogP contribution in [-0.4, -0.2) is 48.7 Å². The van der Waals surface area contributed by atoms with Gasteiger partial charge in [0.1, 0.15) is 0 Å². The van der Waals surface area contributed by atoms with E-state index < -0.39 is 5.97 Å². The van der Waals surface area contributed by atoms with E-state index in [0.29, 0.717) is 11.3 Å². The summed E-state index contributed by atoms with van der Waals surface area (Å²) in [6.07, 6.45) is 3.19. The van der Waals surface area contributed by atoms with Crippen LogP contribution in [0.3, 0.4) is 0 Å². The Labute approximate surface area is 111 Å². The van der Waals surface area contributed by atoms with Gasteiger partial charge in [0.25, 0.3) is 0 Å². The van der Waals surface area contributed by atoms with E-state index in [-0.39, 0.29) is 5.75 Å². The smallest absolute Gasteiger partial charge is 0.328 e. The van der Waals surface area contributed by atoms with Gasteiger partial charge in [-0.05, 0) is 23.8 Å². The Morgan fingerprint density at radius 2 is 1.95 bits per heavy atom. The number of nitrogens with zero attached hydrogens (tertiary/aromatic N) is 1. The fourth-order valence-electron chi connectivity index (χ4n) is 0.965. The SMILES string of the molecule is CN(C)C=O.COc1cc(/C=C/C(=O)O)ccc1O. The quantitative estimate of drug-likeness (QED) is 0.632. The van der Waals surface area contributed by atoms with Gasteiger partial charge >= 0.3 is 5.97 Å². The van der Waals surface area contributed by atoms with Gasteiger partial charge < -0.3 is 19.8 Å². The third kappa shape index (κ3) is 7.43. The number of aromatic hydroxyl groups is 1. The van der Waals surface area contributed by atoms with Crippen LogP contribution in [0, 0.1) is 0 Å². The predicted octanol–water partition coefficient (Wildman–Crippen LogP) is 1.20. The van der Waals surface area contributed by atoms with Crippen molar-refractivity contribution in [3.05, 3.63) is 29.8 Å². The largest absolute Gasteiger partial charge is 0.504 e. The third-order valence-corrected chi connectivity index (χ3v) is 1.83. The molecule has 19 heavy (non-hydrogen) atoms. The number of amides is 1. The molecule has 1 rings (SSSR count). The Morgan fingerprint density at radius 3 is 2.37 bits per heavy atom. The van der Waals surface area contributed by atoms with Gasteiger partial charge in [-0.25, -0.2) is 4.79 Å². The first-order valence-corrected chi connectivity index (χ1v) is 5.30. The Bertz CT molecular complexity index is 454. The molecular formula is C13H17NO5. The molecule has 0 aliphatic rings. The normalized spacial score (nSPS) is 9.42. The number of ether oxygens (including phenoxy) is 1. The molecule has 1 aromatic carbocycles. The summed E-state index contributed by atoms with van der Waals surface area (Å²) in [5.41, 5.74) is 0.655. The van der Waals surface area contributed by atoms with Crippen molar-refractivity contribution in [1.82, 2.24) is 4.90 Å². The second-order valence-corrected chi connectivity index (χ2v) is 3.67. The number of hydrogen-bond acceptors (Lipinski definition) is 4. The number of methoxy groups -OCH3 is 1.